The Labute approximate surface area is 115 Å². The second-order valence-electron chi connectivity index (χ2n) is 4.17. The number of nitrogens with one attached hydrogen (secondary N) is 1. The van der Waals surface area contributed by atoms with E-state index in [0.717, 1.165) is 15.9 Å². The number of hydrogen-bond donors (Lipinski definition) is 1. The summed E-state index contributed by atoms with van der Waals surface area (Å²) in [4.78, 5) is 17.9. The average molecular weight is 284 g/mol. The zero-order valence-corrected chi connectivity index (χ0v) is 12.0. The Kier molecular flexibility index (Phi) is 3.73. The van der Waals surface area contributed by atoms with Crippen LogP contribution in [0.5, 0.6) is 0 Å². The largest absolute Gasteiger partial charge is 0.378 e. The maximum absolute atomic E-state index is 11.5. The van der Waals surface area contributed by atoms with Gasteiger partial charge < -0.3 is 10.2 Å². The number of thiazole rings is 1. The number of fused-ring (bicyclic) bond motifs is 1. The predicted molar refractivity (Wildman–Crippen MR) is 77.9 cm³/mol. The lowest BCUT2D eigenvalue weighted by molar-refractivity contribution is -0.115. The maximum Gasteiger partial charge on any atom is 0.243 e. The molecule has 1 heterocycles. The van der Waals surface area contributed by atoms with Crippen LogP contribution in [0.15, 0.2) is 18.2 Å². The van der Waals surface area contributed by atoms with Crippen molar-refractivity contribution in [2.45, 2.75) is 12.3 Å². The van der Waals surface area contributed by atoms with E-state index in [-0.39, 0.29) is 5.91 Å². The van der Waals surface area contributed by atoms with Crippen molar-refractivity contribution in [3.8, 4) is 0 Å². The van der Waals surface area contributed by atoms with Crippen molar-refractivity contribution in [1.82, 2.24) is 4.98 Å². The fourth-order valence-electron chi connectivity index (χ4n) is 1.45. The van der Waals surface area contributed by atoms with Crippen molar-refractivity contribution < 1.29 is 4.79 Å². The van der Waals surface area contributed by atoms with Gasteiger partial charge >= 0.3 is 0 Å². The van der Waals surface area contributed by atoms with Crippen molar-refractivity contribution in [3.05, 3.63) is 18.2 Å². The van der Waals surface area contributed by atoms with Crippen molar-refractivity contribution in [2.24, 2.45) is 0 Å². The van der Waals surface area contributed by atoms with E-state index in [0.29, 0.717) is 5.13 Å². The summed E-state index contributed by atoms with van der Waals surface area (Å²) in [7, 11) is 3.97. The third kappa shape index (κ3) is 2.73. The first-order valence-electron chi connectivity index (χ1n) is 5.50. The summed E-state index contributed by atoms with van der Waals surface area (Å²) in [5, 5.41) is 2.72. The van der Waals surface area contributed by atoms with Crippen molar-refractivity contribution in [1.29, 1.82) is 0 Å². The number of halogens is 1. The summed E-state index contributed by atoms with van der Waals surface area (Å²) >= 11 is 7.15. The molecule has 2 rings (SSSR count). The lowest BCUT2D eigenvalue weighted by atomic mass is 10.3. The SMILES string of the molecule is C[C@H](Cl)C(=O)Nc1nc2ccc(N(C)C)cc2s1. The highest BCUT2D eigenvalue weighted by molar-refractivity contribution is 7.22. The van der Waals surface area contributed by atoms with E-state index in [1.807, 2.05) is 37.2 Å². The lowest BCUT2D eigenvalue weighted by Gasteiger charge is -2.11. The van der Waals surface area contributed by atoms with Crippen LogP contribution in [0.2, 0.25) is 0 Å². The zero-order valence-electron chi connectivity index (χ0n) is 10.4. The number of amides is 1. The number of alkyl halides is 1. The smallest absolute Gasteiger partial charge is 0.243 e. The van der Waals surface area contributed by atoms with Crippen LogP contribution in [0.1, 0.15) is 6.92 Å². The fourth-order valence-corrected chi connectivity index (χ4v) is 2.41. The van der Waals surface area contributed by atoms with E-state index in [1.54, 1.807) is 6.92 Å². The molecule has 0 radical (unpaired) electrons. The van der Waals surface area contributed by atoms with E-state index in [9.17, 15) is 4.79 Å². The van der Waals surface area contributed by atoms with E-state index in [2.05, 4.69) is 10.3 Å². The molecule has 1 aromatic carbocycles. The standard InChI is InChI=1S/C12H14ClN3OS/c1-7(13)11(17)15-12-14-9-5-4-8(16(2)3)6-10(9)18-12/h4-7H,1-3H3,(H,14,15,17)/t7-/m0/s1. The van der Waals surface area contributed by atoms with Crippen LogP contribution in [-0.2, 0) is 4.79 Å². The van der Waals surface area contributed by atoms with Crippen LogP contribution in [0.3, 0.4) is 0 Å². The van der Waals surface area contributed by atoms with Gasteiger partial charge in [0.15, 0.2) is 5.13 Å². The van der Waals surface area contributed by atoms with Gasteiger partial charge in [0, 0.05) is 19.8 Å². The second kappa shape index (κ2) is 5.12. The molecule has 1 aromatic heterocycles. The number of rotatable bonds is 3. The van der Waals surface area contributed by atoms with Gasteiger partial charge in [-0.2, -0.15) is 0 Å². The number of carbonyl (C=O) groups is 1. The van der Waals surface area contributed by atoms with Gasteiger partial charge in [0.1, 0.15) is 5.38 Å². The first kappa shape index (κ1) is 13.1. The van der Waals surface area contributed by atoms with Crippen molar-refractivity contribution in [2.75, 3.05) is 24.3 Å². The van der Waals surface area contributed by atoms with Gasteiger partial charge in [-0.3, -0.25) is 4.79 Å². The minimum atomic E-state index is -0.561. The quantitative estimate of drug-likeness (QED) is 0.881. The first-order chi connectivity index (χ1) is 8.47. The summed E-state index contributed by atoms with van der Waals surface area (Å²) in [5.74, 6) is -0.233. The van der Waals surface area contributed by atoms with Gasteiger partial charge in [-0.15, -0.1) is 11.6 Å². The van der Waals surface area contributed by atoms with E-state index >= 15 is 0 Å². The van der Waals surface area contributed by atoms with E-state index in [1.165, 1.54) is 11.3 Å². The van der Waals surface area contributed by atoms with Crippen LogP contribution in [-0.4, -0.2) is 30.4 Å². The molecule has 6 heteroatoms. The van der Waals surface area contributed by atoms with Gasteiger partial charge in [0.25, 0.3) is 0 Å². The van der Waals surface area contributed by atoms with E-state index in [4.69, 9.17) is 11.6 Å². The Morgan fingerprint density at radius 2 is 2.22 bits per heavy atom. The minimum absolute atomic E-state index is 0.233. The summed E-state index contributed by atoms with van der Waals surface area (Å²) < 4.78 is 1.04. The molecule has 0 saturated heterocycles. The lowest BCUT2D eigenvalue weighted by Crippen LogP contribution is -2.19. The Balaban J connectivity index is 2.30. The van der Waals surface area contributed by atoms with Crippen molar-refractivity contribution >= 4 is 49.9 Å². The molecule has 18 heavy (non-hydrogen) atoms. The Morgan fingerprint density at radius 3 is 2.83 bits per heavy atom. The molecule has 2 aromatic rings. The molecular weight excluding hydrogens is 270 g/mol. The third-order valence-electron chi connectivity index (χ3n) is 2.48. The normalized spacial score (nSPS) is 12.4. The van der Waals surface area contributed by atoms with Crippen LogP contribution in [0, 0.1) is 0 Å². The molecular formula is C12H14ClN3OS. The molecule has 96 valence electrons. The van der Waals surface area contributed by atoms with Crippen LogP contribution in [0.4, 0.5) is 10.8 Å². The molecule has 0 aliphatic rings. The van der Waals surface area contributed by atoms with Gasteiger partial charge in [0.05, 0.1) is 10.2 Å². The molecule has 1 amide bonds. The highest BCUT2D eigenvalue weighted by Gasteiger charge is 2.12. The van der Waals surface area contributed by atoms with Gasteiger partial charge in [0.2, 0.25) is 5.91 Å². The molecule has 0 aliphatic carbocycles. The number of hydrogen-bond acceptors (Lipinski definition) is 4. The molecule has 0 fully saturated rings. The number of carbonyl (C=O) groups excluding carboxylic acids is 1. The van der Waals surface area contributed by atoms with E-state index < -0.39 is 5.38 Å². The minimum Gasteiger partial charge on any atom is -0.378 e. The molecule has 0 bridgehead atoms. The Morgan fingerprint density at radius 1 is 1.50 bits per heavy atom. The topological polar surface area (TPSA) is 45.2 Å². The molecule has 0 aliphatic heterocycles. The summed E-state index contributed by atoms with van der Waals surface area (Å²) in [6.07, 6.45) is 0. The molecule has 1 atom stereocenters. The maximum atomic E-state index is 11.5. The van der Waals surface area contributed by atoms with Crippen LogP contribution in [0.25, 0.3) is 10.2 Å². The fraction of sp³-hybridized carbons (Fsp3) is 0.333. The zero-order chi connectivity index (χ0) is 13.3. The highest BCUT2D eigenvalue weighted by atomic mass is 35.5. The molecule has 1 N–H and O–H groups in total. The van der Waals surface area contributed by atoms with Crippen molar-refractivity contribution in [3.63, 3.8) is 0 Å². The molecule has 0 unspecified atom stereocenters. The third-order valence-corrected chi connectivity index (χ3v) is 3.61. The summed E-state index contributed by atoms with van der Waals surface area (Å²) in [6.45, 7) is 1.63. The number of benzene rings is 1. The Bertz CT molecular complexity index is 580. The molecule has 0 saturated carbocycles. The van der Waals surface area contributed by atoms with Gasteiger partial charge in [-0.1, -0.05) is 11.3 Å². The first-order valence-corrected chi connectivity index (χ1v) is 6.75. The predicted octanol–water partition coefficient (Wildman–Crippen LogP) is 2.93. The average Bonchev–Trinajstić information content (AvgIpc) is 2.69. The highest BCUT2D eigenvalue weighted by Crippen LogP contribution is 2.29. The summed E-state index contributed by atoms with van der Waals surface area (Å²) in [5.41, 5.74) is 1.98. The number of nitrogens with zero attached hydrogens (tertiary/aromatic N) is 2. The summed E-state index contributed by atoms with van der Waals surface area (Å²) in [6, 6.07) is 5.99. The number of aromatic nitrogens is 1. The number of anilines is 2. The van der Waals surface area contributed by atoms with Gasteiger partial charge in [-0.05, 0) is 25.1 Å². The molecule has 4 nitrogen and oxygen atoms in total. The van der Waals surface area contributed by atoms with Crippen LogP contribution >= 0.6 is 22.9 Å². The van der Waals surface area contributed by atoms with Gasteiger partial charge in [-0.25, -0.2) is 4.98 Å². The second-order valence-corrected chi connectivity index (χ2v) is 5.86. The monoisotopic (exact) mass is 283 g/mol. The van der Waals surface area contributed by atoms with Crippen LogP contribution < -0.4 is 10.2 Å². The molecule has 0 spiro atoms. The Hall–Kier alpha value is -1.33.